The van der Waals surface area contributed by atoms with Gasteiger partial charge in [-0.3, -0.25) is 0 Å². The van der Waals surface area contributed by atoms with Gasteiger partial charge in [-0.2, -0.15) is 13.2 Å². The topological polar surface area (TPSA) is 85.1 Å². The van der Waals surface area contributed by atoms with Crippen molar-refractivity contribution in [1.29, 1.82) is 0 Å². The molecule has 0 radical (unpaired) electrons. The van der Waals surface area contributed by atoms with Crippen molar-refractivity contribution in [2.24, 2.45) is 5.14 Å². The Morgan fingerprint density at radius 3 is 2.52 bits per heavy atom. The SMILES string of the molecule is NS(=O)(=O)c1cccc(CNc2ncc(C(F)(F)F)cc2Cl)c1. The van der Waals surface area contributed by atoms with Crippen LogP contribution in [-0.2, 0) is 22.7 Å². The molecule has 124 valence electrons. The van der Waals surface area contributed by atoms with E-state index in [1.54, 1.807) is 6.07 Å². The van der Waals surface area contributed by atoms with Crippen molar-refractivity contribution in [3.8, 4) is 0 Å². The summed E-state index contributed by atoms with van der Waals surface area (Å²) in [5, 5.41) is 7.57. The summed E-state index contributed by atoms with van der Waals surface area (Å²) in [6.45, 7) is 0.113. The second kappa shape index (κ2) is 6.34. The van der Waals surface area contributed by atoms with Crippen LogP contribution in [0.25, 0.3) is 0 Å². The van der Waals surface area contributed by atoms with Gasteiger partial charge >= 0.3 is 6.18 Å². The Morgan fingerprint density at radius 2 is 1.96 bits per heavy atom. The van der Waals surface area contributed by atoms with Gasteiger partial charge in [-0.05, 0) is 23.8 Å². The molecule has 5 nitrogen and oxygen atoms in total. The number of anilines is 1. The normalized spacial score (nSPS) is 12.2. The number of primary sulfonamides is 1. The van der Waals surface area contributed by atoms with Crippen LogP contribution < -0.4 is 10.5 Å². The number of pyridine rings is 1. The number of nitrogens with two attached hydrogens (primary N) is 1. The molecule has 0 saturated carbocycles. The van der Waals surface area contributed by atoms with Crippen molar-refractivity contribution in [2.45, 2.75) is 17.6 Å². The number of nitrogens with zero attached hydrogens (tertiary/aromatic N) is 1. The molecule has 0 bridgehead atoms. The number of nitrogens with one attached hydrogen (secondary N) is 1. The van der Waals surface area contributed by atoms with Crippen molar-refractivity contribution < 1.29 is 21.6 Å². The zero-order valence-electron chi connectivity index (χ0n) is 11.4. The average Bonchev–Trinajstić information content (AvgIpc) is 2.44. The van der Waals surface area contributed by atoms with E-state index in [9.17, 15) is 21.6 Å². The van der Waals surface area contributed by atoms with Gasteiger partial charge < -0.3 is 5.32 Å². The molecule has 2 rings (SSSR count). The molecule has 1 aromatic carbocycles. The van der Waals surface area contributed by atoms with E-state index in [4.69, 9.17) is 16.7 Å². The summed E-state index contributed by atoms with van der Waals surface area (Å²) in [4.78, 5) is 3.56. The summed E-state index contributed by atoms with van der Waals surface area (Å²) in [5.74, 6) is 0.0562. The fourth-order valence-corrected chi connectivity index (χ4v) is 2.56. The largest absolute Gasteiger partial charge is 0.417 e. The second-order valence-corrected chi connectivity index (χ2v) is 6.57. The monoisotopic (exact) mass is 365 g/mol. The van der Waals surface area contributed by atoms with E-state index in [2.05, 4.69) is 10.3 Å². The quantitative estimate of drug-likeness (QED) is 0.872. The molecule has 0 saturated heterocycles. The molecule has 0 amide bonds. The molecule has 0 aliphatic rings. The first kappa shape index (κ1) is 17.5. The molecular weight excluding hydrogens is 355 g/mol. The highest BCUT2D eigenvalue weighted by atomic mass is 35.5. The average molecular weight is 366 g/mol. The van der Waals surface area contributed by atoms with Crippen molar-refractivity contribution >= 4 is 27.4 Å². The number of hydrogen-bond donors (Lipinski definition) is 2. The standard InChI is InChI=1S/C13H11ClF3N3O2S/c14-11-5-9(13(15,16)17)7-20-12(11)19-6-8-2-1-3-10(4-8)23(18,21)22/h1-5,7H,6H2,(H,19,20)(H2,18,21,22). The van der Waals surface area contributed by atoms with Gasteiger partial charge in [0.2, 0.25) is 10.0 Å². The molecule has 0 spiro atoms. The molecule has 0 unspecified atom stereocenters. The molecule has 23 heavy (non-hydrogen) atoms. The maximum Gasteiger partial charge on any atom is 0.417 e. The lowest BCUT2D eigenvalue weighted by molar-refractivity contribution is -0.137. The lowest BCUT2D eigenvalue weighted by atomic mass is 10.2. The molecule has 0 aliphatic carbocycles. The van der Waals surface area contributed by atoms with Crippen LogP contribution in [0, 0.1) is 0 Å². The maximum absolute atomic E-state index is 12.5. The third-order valence-corrected chi connectivity index (χ3v) is 4.05. The molecule has 1 heterocycles. The number of sulfonamides is 1. The predicted octanol–water partition coefficient (Wildman–Crippen LogP) is 3.01. The van der Waals surface area contributed by atoms with Gasteiger partial charge in [0.05, 0.1) is 15.5 Å². The summed E-state index contributed by atoms with van der Waals surface area (Å²) >= 11 is 5.76. The fourth-order valence-electron chi connectivity index (χ4n) is 1.74. The fraction of sp³-hybridized carbons (Fsp3) is 0.154. The van der Waals surface area contributed by atoms with Crippen LogP contribution in [-0.4, -0.2) is 13.4 Å². The lowest BCUT2D eigenvalue weighted by Crippen LogP contribution is -2.13. The molecule has 3 N–H and O–H groups in total. The van der Waals surface area contributed by atoms with E-state index >= 15 is 0 Å². The number of aromatic nitrogens is 1. The Hall–Kier alpha value is -1.84. The Balaban J connectivity index is 2.16. The number of benzene rings is 1. The van der Waals surface area contributed by atoms with Crippen LogP contribution >= 0.6 is 11.6 Å². The van der Waals surface area contributed by atoms with E-state index in [0.29, 0.717) is 11.8 Å². The van der Waals surface area contributed by atoms with Gasteiger partial charge in [-0.15, -0.1) is 0 Å². The first-order valence-corrected chi connectivity index (χ1v) is 8.08. The number of alkyl halides is 3. The van der Waals surface area contributed by atoms with Crippen LogP contribution in [0.4, 0.5) is 19.0 Å². The molecule has 1 aromatic heterocycles. The minimum absolute atomic E-state index is 0.0562. The van der Waals surface area contributed by atoms with E-state index < -0.39 is 21.8 Å². The summed E-state index contributed by atoms with van der Waals surface area (Å²) < 4.78 is 60.1. The van der Waals surface area contributed by atoms with Crippen LogP contribution in [0.15, 0.2) is 41.4 Å². The van der Waals surface area contributed by atoms with E-state index in [1.165, 1.54) is 18.2 Å². The Kier molecular flexibility index (Phi) is 4.83. The van der Waals surface area contributed by atoms with Crippen molar-refractivity contribution in [1.82, 2.24) is 4.98 Å². The smallest absolute Gasteiger partial charge is 0.365 e. The minimum atomic E-state index is -4.53. The van der Waals surface area contributed by atoms with Crippen LogP contribution in [0.2, 0.25) is 5.02 Å². The van der Waals surface area contributed by atoms with E-state index in [0.717, 1.165) is 6.07 Å². The number of halogens is 4. The zero-order chi connectivity index (χ0) is 17.3. The molecular formula is C13H11ClF3N3O2S. The van der Waals surface area contributed by atoms with Crippen molar-refractivity contribution in [2.75, 3.05) is 5.32 Å². The lowest BCUT2D eigenvalue weighted by Gasteiger charge is -2.11. The Morgan fingerprint density at radius 1 is 1.26 bits per heavy atom. The molecule has 0 aliphatic heterocycles. The molecule has 0 fully saturated rings. The summed E-state index contributed by atoms with van der Waals surface area (Å²) in [7, 11) is -3.83. The van der Waals surface area contributed by atoms with Gasteiger partial charge in [0.15, 0.2) is 0 Å². The van der Waals surface area contributed by atoms with Gasteiger partial charge in [0.1, 0.15) is 5.82 Å². The highest BCUT2D eigenvalue weighted by Crippen LogP contribution is 2.32. The number of rotatable bonds is 4. The molecule has 10 heteroatoms. The first-order chi connectivity index (χ1) is 10.6. The molecule has 0 atom stereocenters. The van der Waals surface area contributed by atoms with Gasteiger partial charge in [0.25, 0.3) is 0 Å². The third-order valence-electron chi connectivity index (χ3n) is 2.86. The predicted molar refractivity (Wildman–Crippen MR) is 79.4 cm³/mol. The summed E-state index contributed by atoms with van der Waals surface area (Å²) in [5.41, 5.74) is -0.404. The van der Waals surface area contributed by atoms with Gasteiger partial charge in [-0.1, -0.05) is 23.7 Å². The highest BCUT2D eigenvalue weighted by Gasteiger charge is 2.31. The van der Waals surface area contributed by atoms with E-state index in [1.807, 2.05) is 0 Å². The van der Waals surface area contributed by atoms with E-state index in [-0.39, 0.29) is 22.3 Å². The van der Waals surface area contributed by atoms with Crippen LogP contribution in [0.1, 0.15) is 11.1 Å². The third kappa shape index (κ3) is 4.57. The number of hydrogen-bond acceptors (Lipinski definition) is 4. The second-order valence-electron chi connectivity index (χ2n) is 4.60. The first-order valence-electron chi connectivity index (χ1n) is 6.16. The summed E-state index contributed by atoms with van der Waals surface area (Å²) in [6.07, 6.45) is -3.87. The van der Waals surface area contributed by atoms with Crippen molar-refractivity contribution in [3.05, 3.63) is 52.7 Å². The Labute approximate surface area is 135 Å². The Bertz CT molecular complexity index is 825. The zero-order valence-corrected chi connectivity index (χ0v) is 13.0. The van der Waals surface area contributed by atoms with Gasteiger partial charge in [0, 0.05) is 12.7 Å². The highest BCUT2D eigenvalue weighted by molar-refractivity contribution is 7.89. The van der Waals surface area contributed by atoms with Crippen LogP contribution in [0.3, 0.4) is 0 Å². The van der Waals surface area contributed by atoms with Gasteiger partial charge in [-0.25, -0.2) is 18.5 Å². The molecule has 2 aromatic rings. The maximum atomic E-state index is 12.5. The summed E-state index contributed by atoms with van der Waals surface area (Å²) in [6, 6.07) is 6.57. The van der Waals surface area contributed by atoms with Crippen molar-refractivity contribution in [3.63, 3.8) is 0 Å². The minimum Gasteiger partial charge on any atom is -0.365 e. The van der Waals surface area contributed by atoms with Crippen LogP contribution in [0.5, 0.6) is 0 Å².